The van der Waals surface area contributed by atoms with E-state index in [0.29, 0.717) is 37.6 Å². The number of nitrogens with zero attached hydrogens (tertiary/aromatic N) is 2. The monoisotopic (exact) mass is 505 g/mol. The molecule has 2 aliphatic rings. The highest BCUT2D eigenvalue weighted by Gasteiger charge is 2.28. The van der Waals surface area contributed by atoms with Gasteiger partial charge < -0.3 is 24.5 Å². The molecule has 9 heteroatoms. The molecule has 1 saturated carbocycles. The van der Waals surface area contributed by atoms with E-state index in [0.717, 1.165) is 32.0 Å². The van der Waals surface area contributed by atoms with Gasteiger partial charge in [0.2, 0.25) is 5.91 Å². The fourth-order valence-electron chi connectivity index (χ4n) is 5.15. The molecule has 0 spiro atoms. The highest BCUT2D eigenvalue weighted by molar-refractivity contribution is 5.82. The summed E-state index contributed by atoms with van der Waals surface area (Å²) in [6.07, 6.45) is 10.3. The van der Waals surface area contributed by atoms with Gasteiger partial charge in [0.05, 0.1) is 23.9 Å². The molecule has 2 fully saturated rings. The molecular formula is C27H40FN3O5. The molecule has 1 aliphatic carbocycles. The van der Waals surface area contributed by atoms with E-state index in [9.17, 15) is 14.4 Å². The van der Waals surface area contributed by atoms with Crippen molar-refractivity contribution in [3.63, 3.8) is 0 Å². The Hall–Kier alpha value is -2.65. The molecule has 36 heavy (non-hydrogen) atoms. The van der Waals surface area contributed by atoms with E-state index >= 15 is 4.39 Å². The lowest BCUT2D eigenvalue weighted by Gasteiger charge is -2.36. The highest BCUT2D eigenvalue weighted by Crippen LogP contribution is 2.30. The minimum atomic E-state index is -0.592. The number of likely N-dealkylation sites (N-methyl/N-ethyl adjacent to an activating group) is 2. The summed E-state index contributed by atoms with van der Waals surface area (Å²) in [4.78, 5) is 46.6. The van der Waals surface area contributed by atoms with Gasteiger partial charge in [0.1, 0.15) is 19.4 Å². The van der Waals surface area contributed by atoms with E-state index in [1.807, 2.05) is 11.7 Å². The van der Waals surface area contributed by atoms with Gasteiger partial charge >= 0.3 is 0 Å². The Morgan fingerprint density at radius 3 is 2.39 bits per heavy atom. The normalized spacial score (nSPS) is 17.7. The van der Waals surface area contributed by atoms with Crippen LogP contribution in [-0.4, -0.2) is 75.6 Å². The molecule has 1 amide bonds. The lowest BCUT2D eigenvalue weighted by Crippen LogP contribution is -2.44. The second-order valence-corrected chi connectivity index (χ2v) is 9.46. The van der Waals surface area contributed by atoms with Crippen molar-refractivity contribution < 1.29 is 28.3 Å². The molecule has 8 nitrogen and oxygen atoms in total. The molecule has 1 atom stereocenters. The fourth-order valence-corrected chi connectivity index (χ4v) is 5.15. The number of benzene rings is 1. The van der Waals surface area contributed by atoms with E-state index in [1.165, 1.54) is 26.3 Å². The Balaban J connectivity index is 0.00000222. The molecule has 200 valence electrons. The summed E-state index contributed by atoms with van der Waals surface area (Å²) in [5.41, 5.74) is 1.03. The second-order valence-electron chi connectivity index (χ2n) is 9.46. The molecule has 1 saturated heterocycles. The molecule has 0 aromatic heterocycles. The summed E-state index contributed by atoms with van der Waals surface area (Å²) in [6.45, 7) is 3.49. The Labute approximate surface area is 213 Å². The van der Waals surface area contributed by atoms with Gasteiger partial charge in [-0.3, -0.25) is 14.5 Å². The van der Waals surface area contributed by atoms with E-state index in [2.05, 4.69) is 5.32 Å². The number of halogens is 1. The summed E-state index contributed by atoms with van der Waals surface area (Å²) in [7, 11) is 3.24. The Bertz CT molecular complexity index is 854. The standard InChI is InChI=1S/C26H38FN3O4.CH2O/c1-28-26(33)24(9-6-16-31)29(2)17-22-19(18-32)10-11-23(25(22)27)30-14-12-21(13-15-30)34-20-7-4-3-5-8-20;1-2/h10-11,16,18,20-21,24H,3-9,12-15,17H2,1-2H3,(H,28,33);1H2. The first-order valence-electron chi connectivity index (χ1n) is 12.8. The molecular weight excluding hydrogens is 465 g/mol. The number of carbonyl (C=O) groups excluding carboxylic acids is 4. The van der Waals surface area contributed by atoms with Gasteiger partial charge in [0.15, 0.2) is 5.82 Å². The van der Waals surface area contributed by atoms with Crippen LogP contribution in [0, 0.1) is 5.82 Å². The molecule has 1 heterocycles. The summed E-state index contributed by atoms with van der Waals surface area (Å²) < 4.78 is 22.0. The fraction of sp³-hybridized carbons (Fsp3) is 0.630. The third kappa shape index (κ3) is 7.93. The Morgan fingerprint density at radius 1 is 1.17 bits per heavy atom. The molecule has 1 aromatic rings. The van der Waals surface area contributed by atoms with Crippen LogP contribution in [0.15, 0.2) is 12.1 Å². The predicted octanol–water partition coefficient (Wildman–Crippen LogP) is 3.30. The summed E-state index contributed by atoms with van der Waals surface area (Å²) in [6, 6.07) is 2.73. The van der Waals surface area contributed by atoms with Gasteiger partial charge in [-0.1, -0.05) is 19.3 Å². The van der Waals surface area contributed by atoms with Crippen LogP contribution in [0.3, 0.4) is 0 Å². The minimum Gasteiger partial charge on any atom is -0.375 e. The number of hydrogen-bond donors (Lipinski definition) is 1. The number of amides is 1. The van der Waals surface area contributed by atoms with Gasteiger partial charge in [-0.05, 0) is 51.3 Å². The zero-order valence-electron chi connectivity index (χ0n) is 21.5. The molecule has 1 unspecified atom stereocenters. The molecule has 3 rings (SSSR count). The molecule has 1 N–H and O–H groups in total. The molecule has 1 aromatic carbocycles. The maximum absolute atomic E-state index is 15.7. The van der Waals surface area contributed by atoms with Gasteiger partial charge in [0.25, 0.3) is 0 Å². The first kappa shape index (κ1) is 29.6. The number of piperidine rings is 1. The summed E-state index contributed by atoms with van der Waals surface area (Å²) >= 11 is 0. The smallest absolute Gasteiger partial charge is 0.237 e. The SMILES string of the molecule is C=O.CNC(=O)C(CCC=O)N(C)Cc1c(C=O)ccc(N2CCC(OC3CCCCC3)CC2)c1F. The van der Waals surface area contributed by atoms with Crippen molar-refractivity contribution in [1.29, 1.82) is 0 Å². The highest BCUT2D eigenvalue weighted by atomic mass is 19.1. The summed E-state index contributed by atoms with van der Waals surface area (Å²) in [5.74, 6) is -0.664. The quantitative estimate of drug-likeness (QED) is 0.461. The van der Waals surface area contributed by atoms with Crippen molar-refractivity contribution in [3.8, 4) is 0 Å². The minimum absolute atomic E-state index is 0.0892. The van der Waals surface area contributed by atoms with Gasteiger partial charge in [-0.25, -0.2) is 4.39 Å². The largest absolute Gasteiger partial charge is 0.375 e. The van der Waals surface area contributed by atoms with Gasteiger partial charge in [0, 0.05) is 44.2 Å². The zero-order chi connectivity index (χ0) is 26.5. The maximum atomic E-state index is 15.7. The van der Waals surface area contributed by atoms with E-state index < -0.39 is 11.9 Å². The van der Waals surface area contributed by atoms with E-state index in [-0.39, 0.29) is 36.1 Å². The van der Waals surface area contributed by atoms with Gasteiger partial charge in [-0.2, -0.15) is 0 Å². The predicted molar refractivity (Wildman–Crippen MR) is 137 cm³/mol. The Morgan fingerprint density at radius 2 is 1.81 bits per heavy atom. The first-order chi connectivity index (χ1) is 17.5. The topological polar surface area (TPSA) is 96.0 Å². The van der Waals surface area contributed by atoms with Crippen molar-refractivity contribution in [1.82, 2.24) is 10.2 Å². The maximum Gasteiger partial charge on any atom is 0.237 e. The number of aldehydes is 2. The first-order valence-corrected chi connectivity index (χ1v) is 12.8. The van der Waals surface area contributed by atoms with Crippen molar-refractivity contribution in [2.24, 2.45) is 0 Å². The number of rotatable bonds is 11. The third-order valence-corrected chi connectivity index (χ3v) is 7.15. The van der Waals surface area contributed by atoms with Crippen LogP contribution in [-0.2, 0) is 25.7 Å². The average Bonchev–Trinajstić information content (AvgIpc) is 2.92. The third-order valence-electron chi connectivity index (χ3n) is 7.15. The molecule has 0 radical (unpaired) electrons. The average molecular weight is 506 g/mol. The van der Waals surface area contributed by atoms with Gasteiger partial charge in [-0.15, -0.1) is 0 Å². The van der Waals surface area contributed by atoms with Crippen LogP contribution in [0.2, 0.25) is 0 Å². The molecule has 0 bridgehead atoms. The van der Waals surface area contributed by atoms with Crippen LogP contribution in [0.4, 0.5) is 10.1 Å². The molecule has 1 aliphatic heterocycles. The van der Waals surface area contributed by atoms with Crippen LogP contribution < -0.4 is 10.2 Å². The van der Waals surface area contributed by atoms with Crippen molar-refractivity contribution in [2.75, 3.05) is 32.1 Å². The summed E-state index contributed by atoms with van der Waals surface area (Å²) in [5, 5.41) is 2.60. The lowest BCUT2D eigenvalue weighted by molar-refractivity contribution is -0.126. The number of anilines is 1. The van der Waals surface area contributed by atoms with Crippen LogP contribution in [0.5, 0.6) is 0 Å². The lowest BCUT2D eigenvalue weighted by atomic mass is 9.97. The van der Waals surface area contributed by atoms with Crippen molar-refractivity contribution >= 4 is 31.0 Å². The van der Waals surface area contributed by atoms with Crippen LogP contribution in [0.25, 0.3) is 0 Å². The van der Waals surface area contributed by atoms with E-state index in [4.69, 9.17) is 9.53 Å². The van der Waals surface area contributed by atoms with Crippen molar-refractivity contribution in [2.45, 2.75) is 82.6 Å². The second kappa shape index (κ2) is 15.5. The zero-order valence-corrected chi connectivity index (χ0v) is 21.5. The van der Waals surface area contributed by atoms with E-state index in [1.54, 1.807) is 24.1 Å². The van der Waals surface area contributed by atoms with Crippen LogP contribution in [0.1, 0.15) is 73.7 Å². The number of carbonyl (C=O) groups is 4. The number of nitrogens with one attached hydrogen (secondary N) is 1. The van der Waals surface area contributed by atoms with Crippen molar-refractivity contribution in [3.05, 3.63) is 29.1 Å². The number of ether oxygens (including phenoxy) is 1. The number of hydrogen-bond acceptors (Lipinski definition) is 7. The Kier molecular flexibility index (Phi) is 12.7. The van der Waals surface area contributed by atoms with Crippen LogP contribution >= 0.6 is 0 Å².